The van der Waals surface area contributed by atoms with Crippen molar-refractivity contribution >= 4 is 5.97 Å². The number of rotatable bonds is 3. The van der Waals surface area contributed by atoms with E-state index in [0.29, 0.717) is 12.8 Å². The van der Waals surface area contributed by atoms with Gasteiger partial charge in [-0.05, 0) is 47.9 Å². The fraction of sp³-hybridized carbons (Fsp3) is 0.588. The number of aliphatic hydroxyl groups is 1. The molecular weight excluding hydrogens is 268 g/mol. The molecular formula is C17H24O4. The van der Waals surface area contributed by atoms with Gasteiger partial charge in [0, 0.05) is 18.9 Å². The number of fused-ring (bicyclic) bond motifs is 1. The number of aromatic hydroxyl groups is 1. The number of hydrogen-bond donors (Lipinski definition) is 2. The predicted molar refractivity (Wildman–Crippen MR) is 80.4 cm³/mol. The predicted octanol–water partition coefficient (Wildman–Crippen LogP) is 2.73. The summed E-state index contributed by atoms with van der Waals surface area (Å²) in [4.78, 5) is 10.9. The lowest BCUT2D eigenvalue weighted by Gasteiger charge is -2.23. The van der Waals surface area contributed by atoms with E-state index in [1.807, 2.05) is 27.7 Å². The third-order valence-electron chi connectivity index (χ3n) is 4.58. The lowest BCUT2D eigenvalue weighted by Crippen LogP contribution is -2.17. The Balaban J connectivity index is 2.44. The van der Waals surface area contributed by atoms with Crippen LogP contribution in [0.25, 0.3) is 0 Å². The zero-order chi connectivity index (χ0) is 15.9. The Hall–Kier alpha value is -1.55. The number of phenolic OH excluding ortho intramolecular Hbond substituents is 1. The minimum atomic E-state index is -0.577. The van der Waals surface area contributed by atoms with Crippen LogP contribution in [0.2, 0.25) is 0 Å². The molecule has 0 radical (unpaired) electrons. The molecule has 0 saturated heterocycles. The molecule has 116 valence electrons. The monoisotopic (exact) mass is 292 g/mol. The van der Waals surface area contributed by atoms with Gasteiger partial charge in [0.1, 0.15) is 5.75 Å². The highest BCUT2D eigenvalue weighted by Crippen LogP contribution is 2.51. The topological polar surface area (TPSA) is 66.8 Å². The molecule has 1 unspecified atom stereocenters. The lowest BCUT2D eigenvalue weighted by atomic mass is 9.86. The van der Waals surface area contributed by atoms with E-state index in [-0.39, 0.29) is 23.7 Å². The molecule has 0 aliphatic heterocycles. The van der Waals surface area contributed by atoms with Crippen LogP contribution in [0.15, 0.2) is 0 Å². The van der Waals surface area contributed by atoms with Crippen LogP contribution in [0.5, 0.6) is 5.75 Å². The summed E-state index contributed by atoms with van der Waals surface area (Å²) in [5, 5.41) is 21.0. The molecule has 1 aromatic rings. The van der Waals surface area contributed by atoms with Crippen LogP contribution in [-0.4, -0.2) is 22.8 Å². The van der Waals surface area contributed by atoms with Crippen LogP contribution in [0.3, 0.4) is 0 Å². The first-order chi connectivity index (χ1) is 9.66. The van der Waals surface area contributed by atoms with Gasteiger partial charge < -0.3 is 14.9 Å². The number of esters is 1. The number of ether oxygens (including phenoxy) is 1. The summed E-state index contributed by atoms with van der Waals surface area (Å²) in [6, 6.07) is 0. The Morgan fingerprint density at radius 3 is 2.52 bits per heavy atom. The smallest absolute Gasteiger partial charge is 0.302 e. The first-order valence-electron chi connectivity index (χ1n) is 7.32. The molecule has 21 heavy (non-hydrogen) atoms. The number of carbonyl (C=O) groups is 1. The number of hydrogen-bond acceptors (Lipinski definition) is 4. The molecule has 1 aliphatic carbocycles. The van der Waals surface area contributed by atoms with Crippen molar-refractivity contribution in [3.8, 4) is 5.75 Å². The summed E-state index contributed by atoms with van der Waals surface area (Å²) in [6.45, 7) is 9.53. The SMILES string of the molecule is CC(=O)OCCc1c(C)c(O)c2c(c1C)C(O)C(C)(C)C2. The number of benzene rings is 1. The second kappa shape index (κ2) is 5.34. The van der Waals surface area contributed by atoms with Gasteiger partial charge in [0.25, 0.3) is 0 Å². The molecule has 1 atom stereocenters. The Morgan fingerprint density at radius 1 is 1.33 bits per heavy atom. The highest BCUT2D eigenvalue weighted by Gasteiger charge is 2.41. The molecule has 2 rings (SSSR count). The minimum Gasteiger partial charge on any atom is -0.507 e. The van der Waals surface area contributed by atoms with Crippen LogP contribution in [0, 0.1) is 19.3 Å². The Bertz CT molecular complexity index is 587. The fourth-order valence-corrected chi connectivity index (χ4v) is 3.33. The molecule has 2 N–H and O–H groups in total. The van der Waals surface area contributed by atoms with Crippen LogP contribution in [0.1, 0.15) is 54.7 Å². The molecule has 1 aromatic carbocycles. The van der Waals surface area contributed by atoms with Gasteiger partial charge >= 0.3 is 5.97 Å². The summed E-state index contributed by atoms with van der Waals surface area (Å²) in [5.74, 6) is -0.0325. The van der Waals surface area contributed by atoms with Crippen LogP contribution in [0.4, 0.5) is 0 Å². The van der Waals surface area contributed by atoms with Gasteiger partial charge in [-0.25, -0.2) is 0 Å². The van der Waals surface area contributed by atoms with E-state index < -0.39 is 6.10 Å². The first-order valence-corrected chi connectivity index (χ1v) is 7.32. The van der Waals surface area contributed by atoms with Crippen molar-refractivity contribution in [2.45, 2.75) is 53.6 Å². The van der Waals surface area contributed by atoms with Crippen molar-refractivity contribution in [3.63, 3.8) is 0 Å². The van der Waals surface area contributed by atoms with E-state index in [4.69, 9.17) is 4.74 Å². The highest BCUT2D eigenvalue weighted by atomic mass is 16.5. The van der Waals surface area contributed by atoms with Gasteiger partial charge in [-0.15, -0.1) is 0 Å². The number of aliphatic hydroxyl groups excluding tert-OH is 1. The van der Waals surface area contributed by atoms with Crippen LogP contribution in [-0.2, 0) is 22.4 Å². The van der Waals surface area contributed by atoms with Crippen molar-refractivity contribution in [1.29, 1.82) is 0 Å². The summed E-state index contributed by atoms with van der Waals surface area (Å²) in [6.07, 6.45) is 0.637. The number of carbonyl (C=O) groups excluding carboxylic acids is 1. The van der Waals surface area contributed by atoms with E-state index >= 15 is 0 Å². The maximum absolute atomic E-state index is 10.9. The second-order valence-corrected chi connectivity index (χ2v) is 6.63. The summed E-state index contributed by atoms with van der Waals surface area (Å²) < 4.78 is 5.00. The van der Waals surface area contributed by atoms with Crippen molar-refractivity contribution in [3.05, 3.63) is 27.8 Å². The normalized spacial score (nSPS) is 19.4. The summed E-state index contributed by atoms with van der Waals surface area (Å²) >= 11 is 0. The molecule has 0 aromatic heterocycles. The summed E-state index contributed by atoms with van der Waals surface area (Å²) in [5.41, 5.74) is 4.23. The zero-order valence-corrected chi connectivity index (χ0v) is 13.4. The Labute approximate surface area is 125 Å². The van der Waals surface area contributed by atoms with E-state index in [1.165, 1.54) is 6.92 Å². The van der Waals surface area contributed by atoms with Gasteiger partial charge in [-0.2, -0.15) is 0 Å². The zero-order valence-electron chi connectivity index (χ0n) is 13.4. The number of phenols is 1. The average Bonchev–Trinajstić information content (AvgIpc) is 2.62. The largest absolute Gasteiger partial charge is 0.507 e. The van der Waals surface area contributed by atoms with Crippen LogP contribution < -0.4 is 0 Å². The third-order valence-corrected chi connectivity index (χ3v) is 4.58. The molecule has 0 heterocycles. The van der Waals surface area contributed by atoms with Gasteiger partial charge in [-0.1, -0.05) is 13.8 Å². The quantitative estimate of drug-likeness (QED) is 0.841. The molecule has 0 amide bonds. The second-order valence-electron chi connectivity index (χ2n) is 6.63. The molecule has 4 heteroatoms. The van der Waals surface area contributed by atoms with E-state index in [1.54, 1.807) is 0 Å². The van der Waals surface area contributed by atoms with E-state index in [0.717, 1.165) is 27.8 Å². The van der Waals surface area contributed by atoms with Crippen molar-refractivity contribution in [2.75, 3.05) is 6.61 Å². The van der Waals surface area contributed by atoms with Crippen LogP contribution >= 0.6 is 0 Å². The standard InChI is InChI=1S/C17H24O4/c1-9-12(6-7-21-11(3)18)10(2)15(19)13-8-17(4,5)16(20)14(9)13/h16,19-20H,6-8H2,1-5H3. The lowest BCUT2D eigenvalue weighted by molar-refractivity contribution is -0.140. The van der Waals surface area contributed by atoms with Crippen molar-refractivity contribution < 1.29 is 19.7 Å². The van der Waals surface area contributed by atoms with Crippen molar-refractivity contribution in [2.24, 2.45) is 5.41 Å². The Kier molecular flexibility index (Phi) is 4.02. The van der Waals surface area contributed by atoms with E-state index in [9.17, 15) is 15.0 Å². The van der Waals surface area contributed by atoms with Gasteiger partial charge in [0.2, 0.25) is 0 Å². The third kappa shape index (κ3) is 2.64. The molecule has 0 spiro atoms. The van der Waals surface area contributed by atoms with Gasteiger partial charge in [0.05, 0.1) is 12.7 Å². The molecule has 0 fully saturated rings. The molecule has 4 nitrogen and oxygen atoms in total. The Morgan fingerprint density at radius 2 is 1.95 bits per heavy atom. The average molecular weight is 292 g/mol. The van der Waals surface area contributed by atoms with E-state index in [2.05, 4.69) is 0 Å². The first kappa shape index (κ1) is 15.8. The maximum atomic E-state index is 10.9. The fourth-order valence-electron chi connectivity index (χ4n) is 3.33. The van der Waals surface area contributed by atoms with Gasteiger partial charge in [-0.3, -0.25) is 4.79 Å². The summed E-state index contributed by atoms with van der Waals surface area (Å²) in [7, 11) is 0. The molecule has 0 saturated carbocycles. The minimum absolute atomic E-state index is 0.272. The molecule has 1 aliphatic rings. The molecule has 0 bridgehead atoms. The highest BCUT2D eigenvalue weighted by molar-refractivity contribution is 5.66. The maximum Gasteiger partial charge on any atom is 0.302 e. The van der Waals surface area contributed by atoms with Gasteiger partial charge in [0.15, 0.2) is 0 Å². The van der Waals surface area contributed by atoms with Crippen molar-refractivity contribution in [1.82, 2.24) is 0 Å².